The predicted molar refractivity (Wildman–Crippen MR) is 179 cm³/mol. The van der Waals surface area contributed by atoms with Crippen LogP contribution in [0, 0.1) is 12.8 Å². The number of hydrogen-bond donors (Lipinski definition) is 2. The Balaban J connectivity index is 1.29. The number of likely N-dealkylation sites (tertiary alicyclic amines) is 1. The molecular formula is C37H39N5O3. The lowest BCUT2D eigenvalue weighted by molar-refractivity contribution is -0.137. The molecule has 230 valence electrons. The zero-order valence-electron chi connectivity index (χ0n) is 26.1. The number of carbonyl (C=O) groups excluding carboxylic acids is 2. The summed E-state index contributed by atoms with van der Waals surface area (Å²) in [4.78, 5) is 47.7. The Morgan fingerprint density at radius 2 is 1.73 bits per heavy atom. The number of benzene rings is 3. The third kappa shape index (κ3) is 4.93. The van der Waals surface area contributed by atoms with Gasteiger partial charge in [-0.05, 0) is 111 Å². The van der Waals surface area contributed by atoms with E-state index < -0.39 is 5.91 Å². The largest absolute Gasteiger partial charge is 0.366 e. The van der Waals surface area contributed by atoms with Gasteiger partial charge in [0.05, 0.1) is 16.8 Å². The topological polar surface area (TPSA) is 104 Å². The van der Waals surface area contributed by atoms with Gasteiger partial charge < -0.3 is 20.5 Å². The van der Waals surface area contributed by atoms with E-state index in [4.69, 9.17) is 5.73 Å². The molecule has 2 aliphatic rings. The number of amides is 2. The highest BCUT2D eigenvalue weighted by Gasteiger charge is 2.33. The SMILES string of the molecule is Cc1c(-c2ccc(C(N)=O)c3[nH]c4c(c23)CCC(C(=O)N(C)C2CCN(C)CC2)C4)cccc1-n1ccc2ccccc2c1=O. The van der Waals surface area contributed by atoms with Crippen LogP contribution in [-0.2, 0) is 17.6 Å². The van der Waals surface area contributed by atoms with Gasteiger partial charge in [-0.25, -0.2) is 0 Å². The molecule has 1 unspecified atom stereocenters. The van der Waals surface area contributed by atoms with Crippen molar-refractivity contribution in [1.82, 2.24) is 19.4 Å². The minimum atomic E-state index is -0.493. The van der Waals surface area contributed by atoms with E-state index in [0.717, 1.165) is 88.7 Å². The first-order valence-electron chi connectivity index (χ1n) is 15.8. The van der Waals surface area contributed by atoms with E-state index in [1.165, 1.54) is 0 Å². The number of nitrogens with one attached hydrogen (secondary N) is 1. The number of hydrogen-bond acceptors (Lipinski definition) is 4. The molecule has 1 aliphatic heterocycles. The van der Waals surface area contributed by atoms with Gasteiger partial charge in [-0.3, -0.25) is 19.0 Å². The van der Waals surface area contributed by atoms with Gasteiger partial charge in [0.2, 0.25) is 5.91 Å². The normalized spacial score (nSPS) is 17.4. The van der Waals surface area contributed by atoms with Crippen LogP contribution in [0.2, 0.25) is 0 Å². The molecule has 2 aromatic heterocycles. The van der Waals surface area contributed by atoms with Crippen LogP contribution in [0.1, 0.15) is 46.4 Å². The molecule has 0 radical (unpaired) electrons. The Kier molecular flexibility index (Phi) is 7.32. The minimum Gasteiger partial charge on any atom is -0.366 e. The van der Waals surface area contributed by atoms with Gasteiger partial charge in [0.1, 0.15) is 0 Å². The molecule has 2 amide bonds. The first-order valence-corrected chi connectivity index (χ1v) is 15.8. The summed E-state index contributed by atoms with van der Waals surface area (Å²) in [5.41, 5.74) is 12.8. The van der Waals surface area contributed by atoms with Crippen molar-refractivity contribution in [1.29, 1.82) is 0 Å². The van der Waals surface area contributed by atoms with Crippen LogP contribution in [0.4, 0.5) is 0 Å². The van der Waals surface area contributed by atoms with E-state index in [0.29, 0.717) is 17.4 Å². The Hall–Kier alpha value is -4.69. The first-order chi connectivity index (χ1) is 21.7. The Labute approximate surface area is 262 Å². The quantitative estimate of drug-likeness (QED) is 0.289. The standard InChI is InChI=1S/C37H39N5O3/c1-22-26(9-6-10-32(22)42-20-15-23-7-4-5-8-27(23)37(42)45)28-13-14-30(35(38)43)34-33(28)29-12-11-24(21-31(29)39-34)36(44)41(3)25-16-18-40(2)19-17-25/h4-10,13-15,20,24-25,39H,11-12,16-19,21H2,1-3H3,(H2,38,43). The molecular weight excluding hydrogens is 562 g/mol. The molecule has 1 atom stereocenters. The van der Waals surface area contributed by atoms with E-state index in [9.17, 15) is 14.4 Å². The molecule has 1 fully saturated rings. The van der Waals surface area contributed by atoms with Gasteiger partial charge in [-0.2, -0.15) is 0 Å². The summed E-state index contributed by atoms with van der Waals surface area (Å²) in [5.74, 6) is -0.401. The number of H-pyrrole nitrogens is 1. The molecule has 7 rings (SSSR count). The van der Waals surface area contributed by atoms with Gasteiger partial charge in [0, 0.05) is 41.7 Å². The average molecular weight is 602 g/mol. The number of fused-ring (bicyclic) bond motifs is 4. The van der Waals surface area contributed by atoms with Crippen LogP contribution >= 0.6 is 0 Å². The summed E-state index contributed by atoms with van der Waals surface area (Å²) in [7, 11) is 4.09. The van der Waals surface area contributed by atoms with Gasteiger partial charge in [-0.1, -0.05) is 36.4 Å². The fourth-order valence-corrected chi connectivity index (χ4v) is 7.59. The molecule has 5 aromatic rings. The second-order valence-electron chi connectivity index (χ2n) is 12.8. The molecule has 45 heavy (non-hydrogen) atoms. The number of pyridine rings is 1. The van der Waals surface area contributed by atoms with Crippen LogP contribution in [0.25, 0.3) is 38.5 Å². The van der Waals surface area contributed by atoms with E-state index in [-0.39, 0.29) is 23.4 Å². The lowest BCUT2D eigenvalue weighted by Crippen LogP contribution is -2.47. The molecule has 0 bridgehead atoms. The highest BCUT2D eigenvalue weighted by atomic mass is 16.2. The maximum absolute atomic E-state index is 13.7. The molecule has 0 saturated carbocycles. The first kappa shape index (κ1) is 29.0. The number of primary amides is 1. The van der Waals surface area contributed by atoms with Crippen molar-refractivity contribution in [2.75, 3.05) is 27.2 Å². The van der Waals surface area contributed by atoms with Crippen molar-refractivity contribution in [2.45, 2.75) is 45.1 Å². The summed E-state index contributed by atoms with van der Waals surface area (Å²) >= 11 is 0. The van der Waals surface area contributed by atoms with Gasteiger partial charge >= 0.3 is 0 Å². The number of aromatic amines is 1. The second-order valence-corrected chi connectivity index (χ2v) is 12.8. The highest BCUT2D eigenvalue weighted by Crippen LogP contribution is 2.41. The average Bonchev–Trinajstić information content (AvgIpc) is 3.43. The molecule has 1 aliphatic carbocycles. The minimum absolute atomic E-state index is 0.0671. The summed E-state index contributed by atoms with van der Waals surface area (Å²) in [6, 6.07) is 19.6. The molecule has 3 aromatic carbocycles. The van der Waals surface area contributed by atoms with E-state index >= 15 is 0 Å². The van der Waals surface area contributed by atoms with Gasteiger partial charge in [0.25, 0.3) is 11.5 Å². The van der Waals surface area contributed by atoms with Gasteiger partial charge in [0.15, 0.2) is 0 Å². The number of piperidine rings is 1. The van der Waals surface area contributed by atoms with E-state index in [1.54, 1.807) is 10.6 Å². The fraction of sp³-hybridized carbons (Fsp3) is 0.324. The summed E-state index contributed by atoms with van der Waals surface area (Å²) in [6.07, 6.45) is 5.91. The number of rotatable bonds is 5. The highest BCUT2D eigenvalue weighted by molar-refractivity contribution is 6.11. The predicted octanol–water partition coefficient (Wildman–Crippen LogP) is 5.20. The van der Waals surface area contributed by atoms with E-state index in [1.807, 2.05) is 73.6 Å². The smallest absolute Gasteiger partial charge is 0.262 e. The number of aromatic nitrogens is 2. The lowest BCUT2D eigenvalue weighted by Gasteiger charge is -2.37. The van der Waals surface area contributed by atoms with E-state index in [2.05, 4.69) is 23.0 Å². The van der Waals surface area contributed by atoms with Crippen molar-refractivity contribution >= 4 is 33.5 Å². The van der Waals surface area contributed by atoms with Crippen molar-refractivity contribution in [3.05, 3.63) is 99.6 Å². The molecule has 0 spiro atoms. The molecule has 8 nitrogen and oxygen atoms in total. The molecule has 8 heteroatoms. The maximum atomic E-state index is 13.7. The van der Waals surface area contributed by atoms with Crippen LogP contribution in [0.15, 0.2) is 71.7 Å². The number of carbonyl (C=O) groups is 2. The lowest BCUT2D eigenvalue weighted by atomic mass is 9.83. The van der Waals surface area contributed by atoms with Crippen LogP contribution in [-0.4, -0.2) is 64.4 Å². The Morgan fingerprint density at radius 1 is 0.956 bits per heavy atom. The van der Waals surface area contributed by atoms with Gasteiger partial charge in [-0.15, -0.1) is 0 Å². The molecule has 3 heterocycles. The van der Waals surface area contributed by atoms with Crippen molar-refractivity contribution in [3.8, 4) is 16.8 Å². The number of nitrogens with two attached hydrogens (primary N) is 1. The zero-order chi connectivity index (χ0) is 31.4. The molecule has 1 saturated heterocycles. The van der Waals surface area contributed by atoms with Crippen molar-refractivity contribution < 1.29 is 9.59 Å². The van der Waals surface area contributed by atoms with Crippen molar-refractivity contribution in [3.63, 3.8) is 0 Å². The van der Waals surface area contributed by atoms with Crippen molar-refractivity contribution in [2.24, 2.45) is 11.7 Å². The summed E-state index contributed by atoms with van der Waals surface area (Å²) in [5, 5.41) is 2.55. The van der Waals surface area contributed by atoms with Crippen LogP contribution in [0.3, 0.4) is 0 Å². The zero-order valence-corrected chi connectivity index (χ0v) is 26.1. The third-order valence-corrected chi connectivity index (χ3v) is 10.2. The number of aryl methyl sites for hydroxylation is 1. The number of nitrogens with zero attached hydrogens (tertiary/aromatic N) is 3. The fourth-order valence-electron chi connectivity index (χ4n) is 7.59. The second kappa shape index (κ2) is 11.3. The Bertz CT molecular complexity index is 2030. The Morgan fingerprint density at radius 3 is 2.51 bits per heavy atom. The van der Waals surface area contributed by atoms with Crippen LogP contribution < -0.4 is 11.3 Å². The molecule has 3 N–H and O–H groups in total. The third-order valence-electron chi connectivity index (χ3n) is 10.2. The summed E-state index contributed by atoms with van der Waals surface area (Å²) < 4.78 is 1.71. The monoisotopic (exact) mass is 601 g/mol. The maximum Gasteiger partial charge on any atom is 0.262 e. The van der Waals surface area contributed by atoms with Crippen LogP contribution in [0.5, 0.6) is 0 Å². The summed E-state index contributed by atoms with van der Waals surface area (Å²) in [6.45, 7) is 4.05.